The van der Waals surface area contributed by atoms with Gasteiger partial charge in [0.2, 0.25) is 0 Å². The molecule has 11 heavy (non-hydrogen) atoms. The van der Waals surface area contributed by atoms with E-state index >= 15 is 0 Å². The van der Waals surface area contributed by atoms with E-state index in [2.05, 4.69) is 0 Å². The number of esters is 1. The van der Waals surface area contributed by atoms with Gasteiger partial charge in [0.05, 0.1) is 6.08 Å². The Morgan fingerprint density at radius 1 is 1.73 bits per heavy atom. The van der Waals surface area contributed by atoms with Gasteiger partial charge in [-0.25, -0.2) is 4.79 Å². The van der Waals surface area contributed by atoms with Crippen molar-refractivity contribution in [3.63, 3.8) is 0 Å². The molecule has 3 nitrogen and oxygen atoms in total. The second kappa shape index (κ2) is 2.95. The van der Waals surface area contributed by atoms with Crippen LogP contribution in [0.3, 0.4) is 0 Å². The molecule has 0 saturated heterocycles. The van der Waals surface area contributed by atoms with Crippen molar-refractivity contribution in [2.24, 2.45) is 5.92 Å². The predicted octanol–water partition coefficient (Wildman–Crippen LogP) is 1.40. The lowest BCUT2D eigenvalue weighted by atomic mass is 10.0. The lowest BCUT2D eigenvalue weighted by Crippen LogP contribution is -2.27. The number of carbonyl (C=O) groups is 1. The van der Waals surface area contributed by atoms with E-state index in [0.717, 1.165) is 6.08 Å². The van der Waals surface area contributed by atoms with E-state index < -0.39 is 5.97 Å². The minimum absolute atomic E-state index is 0.125. The van der Waals surface area contributed by atoms with Crippen LogP contribution in [-0.4, -0.2) is 17.2 Å². The number of cyclic esters (lactones) is 1. The van der Waals surface area contributed by atoms with Crippen LogP contribution in [0.2, 0.25) is 0 Å². The van der Waals surface area contributed by atoms with Gasteiger partial charge < -0.3 is 9.84 Å². The van der Waals surface area contributed by atoms with Crippen molar-refractivity contribution in [2.75, 3.05) is 0 Å². The molecule has 1 rings (SSSR count). The van der Waals surface area contributed by atoms with Crippen LogP contribution >= 0.6 is 0 Å². The molecule has 0 aromatic rings. The molecule has 3 heteroatoms. The van der Waals surface area contributed by atoms with Crippen molar-refractivity contribution in [3.8, 4) is 0 Å². The Morgan fingerprint density at radius 2 is 2.36 bits per heavy atom. The molecule has 1 unspecified atom stereocenters. The number of hydrogen-bond donors (Lipinski definition) is 1. The molecule has 0 bridgehead atoms. The second-order valence-electron chi connectivity index (χ2n) is 3.06. The molecule has 1 atom stereocenters. The Kier molecular flexibility index (Phi) is 2.17. The second-order valence-corrected chi connectivity index (χ2v) is 3.06. The molecule has 0 aromatic heterocycles. The summed E-state index contributed by atoms with van der Waals surface area (Å²) >= 11 is 0. The number of carbonyl (C=O) groups excluding carboxylic acids is 1. The fourth-order valence-electron chi connectivity index (χ4n) is 0.998. The highest BCUT2D eigenvalue weighted by atomic mass is 16.5. The summed E-state index contributed by atoms with van der Waals surface area (Å²) in [6, 6.07) is 0. The maximum absolute atomic E-state index is 10.7. The van der Waals surface area contributed by atoms with Crippen LogP contribution in [0.1, 0.15) is 20.3 Å². The lowest BCUT2D eigenvalue weighted by Gasteiger charge is -2.23. The molecule has 0 fully saturated rings. The highest BCUT2D eigenvalue weighted by Gasteiger charge is 2.23. The molecular formula is C8H12O3. The van der Waals surface area contributed by atoms with Gasteiger partial charge in [0.1, 0.15) is 11.9 Å². The Morgan fingerprint density at radius 3 is 2.82 bits per heavy atom. The van der Waals surface area contributed by atoms with Gasteiger partial charge in [0, 0.05) is 6.42 Å². The number of aliphatic hydroxyl groups is 1. The van der Waals surface area contributed by atoms with E-state index in [9.17, 15) is 4.79 Å². The average molecular weight is 156 g/mol. The molecule has 1 aliphatic rings. The summed E-state index contributed by atoms with van der Waals surface area (Å²) in [6.07, 6.45) is 1.41. The molecule has 0 amide bonds. The van der Waals surface area contributed by atoms with E-state index in [1.807, 2.05) is 13.8 Å². The molecule has 0 aliphatic carbocycles. The number of rotatable bonds is 1. The topological polar surface area (TPSA) is 46.5 Å². The van der Waals surface area contributed by atoms with E-state index in [1.54, 1.807) is 0 Å². The molecule has 1 N–H and O–H groups in total. The molecule has 0 spiro atoms. The van der Waals surface area contributed by atoms with Gasteiger partial charge in [-0.1, -0.05) is 13.8 Å². The molecule has 0 radical (unpaired) electrons. The van der Waals surface area contributed by atoms with Crippen molar-refractivity contribution in [1.29, 1.82) is 0 Å². The largest absolute Gasteiger partial charge is 0.512 e. The molecule has 62 valence electrons. The third-order valence-corrected chi connectivity index (χ3v) is 1.71. The Labute approximate surface area is 65.7 Å². The zero-order chi connectivity index (χ0) is 8.43. The van der Waals surface area contributed by atoms with Gasteiger partial charge in [-0.3, -0.25) is 0 Å². The smallest absolute Gasteiger partial charge is 0.334 e. The Bertz CT molecular complexity index is 194. The van der Waals surface area contributed by atoms with Crippen LogP contribution in [0.25, 0.3) is 0 Å². The normalized spacial score (nSPS) is 24.8. The average Bonchev–Trinajstić information content (AvgIpc) is 1.85. The number of aliphatic hydroxyl groups excluding tert-OH is 1. The van der Waals surface area contributed by atoms with E-state index in [-0.39, 0.29) is 17.8 Å². The van der Waals surface area contributed by atoms with E-state index in [0.29, 0.717) is 6.42 Å². The van der Waals surface area contributed by atoms with Gasteiger partial charge in [-0.05, 0) is 5.92 Å². The zero-order valence-electron chi connectivity index (χ0n) is 6.70. The summed E-state index contributed by atoms with van der Waals surface area (Å²) in [6.45, 7) is 3.91. The monoisotopic (exact) mass is 156 g/mol. The fourth-order valence-corrected chi connectivity index (χ4v) is 0.998. The molecule has 1 heterocycles. The van der Waals surface area contributed by atoms with Gasteiger partial charge in [0.25, 0.3) is 0 Å². The first-order valence-corrected chi connectivity index (χ1v) is 3.69. The van der Waals surface area contributed by atoms with Crippen LogP contribution in [0.15, 0.2) is 11.8 Å². The molecule has 0 aromatic carbocycles. The van der Waals surface area contributed by atoms with Crippen molar-refractivity contribution < 1.29 is 14.6 Å². The summed E-state index contributed by atoms with van der Waals surface area (Å²) in [7, 11) is 0. The Balaban J connectivity index is 2.64. The summed E-state index contributed by atoms with van der Waals surface area (Å²) in [4.78, 5) is 10.7. The van der Waals surface area contributed by atoms with E-state index in [4.69, 9.17) is 9.84 Å². The minimum atomic E-state index is -0.438. The third-order valence-electron chi connectivity index (χ3n) is 1.71. The quantitative estimate of drug-likeness (QED) is 0.584. The van der Waals surface area contributed by atoms with Gasteiger partial charge >= 0.3 is 5.97 Å². The first-order valence-electron chi connectivity index (χ1n) is 3.69. The van der Waals surface area contributed by atoms with Crippen molar-refractivity contribution in [3.05, 3.63) is 11.8 Å². The van der Waals surface area contributed by atoms with Gasteiger partial charge in [-0.2, -0.15) is 0 Å². The summed E-state index contributed by atoms with van der Waals surface area (Å²) in [5, 5.41) is 9.06. The van der Waals surface area contributed by atoms with Gasteiger partial charge in [-0.15, -0.1) is 0 Å². The van der Waals surface area contributed by atoms with Crippen LogP contribution in [0, 0.1) is 5.92 Å². The first-order chi connectivity index (χ1) is 5.09. The SMILES string of the molecule is CC(C)C1CC(O)=CC(=O)O1. The van der Waals surface area contributed by atoms with Crippen molar-refractivity contribution >= 4 is 5.97 Å². The fraction of sp³-hybridized carbons (Fsp3) is 0.625. The Hall–Kier alpha value is -0.990. The summed E-state index contributed by atoms with van der Waals surface area (Å²) in [5.74, 6) is -0.0535. The maximum atomic E-state index is 10.7. The van der Waals surface area contributed by atoms with Crippen molar-refractivity contribution in [1.82, 2.24) is 0 Å². The standard InChI is InChI=1S/C8H12O3/c1-5(2)7-3-6(9)4-8(10)11-7/h4-5,7,9H,3H2,1-2H3. The molecular weight excluding hydrogens is 144 g/mol. The third kappa shape index (κ3) is 1.97. The summed E-state index contributed by atoms with van der Waals surface area (Å²) in [5.41, 5.74) is 0. The van der Waals surface area contributed by atoms with Gasteiger partial charge in [0.15, 0.2) is 0 Å². The van der Waals surface area contributed by atoms with Crippen molar-refractivity contribution in [2.45, 2.75) is 26.4 Å². The molecule has 1 aliphatic heterocycles. The number of ether oxygens (including phenoxy) is 1. The number of hydrogen-bond acceptors (Lipinski definition) is 3. The first kappa shape index (κ1) is 8.11. The maximum Gasteiger partial charge on any atom is 0.334 e. The van der Waals surface area contributed by atoms with E-state index in [1.165, 1.54) is 0 Å². The van der Waals surface area contributed by atoms with Crippen LogP contribution < -0.4 is 0 Å². The zero-order valence-corrected chi connectivity index (χ0v) is 6.70. The highest BCUT2D eigenvalue weighted by Crippen LogP contribution is 2.19. The van der Waals surface area contributed by atoms with Crippen LogP contribution in [0.4, 0.5) is 0 Å². The summed E-state index contributed by atoms with van der Waals surface area (Å²) < 4.78 is 4.94. The molecule has 0 saturated carbocycles. The van der Waals surface area contributed by atoms with Crippen LogP contribution in [0.5, 0.6) is 0 Å². The predicted molar refractivity (Wildman–Crippen MR) is 40.0 cm³/mol. The minimum Gasteiger partial charge on any atom is -0.512 e. The highest BCUT2D eigenvalue weighted by molar-refractivity contribution is 5.83. The lowest BCUT2D eigenvalue weighted by molar-refractivity contribution is -0.147. The van der Waals surface area contributed by atoms with Crippen LogP contribution in [-0.2, 0) is 9.53 Å².